The second-order valence-corrected chi connectivity index (χ2v) is 9.03. The highest BCUT2D eigenvalue weighted by molar-refractivity contribution is 6.46. The van der Waals surface area contributed by atoms with Gasteiger partial charge in [-0.2, -0.15) is 0 Å². The lowest BCUT2D eigenvalue weighted by Crippen LogP contribution is -2.29. The summed E-state index contributed by atoms with van der Waals surface area (Å²) in [7, 11) is 4.36. The zero-order chi connectivity index (χ0) is 28.3. The van der Waals surface area contributed by atoms with Gasteiger partial charge in [-0.25, -0.2) is 0 Å². The minimum atomic E-state index is -1.02. The zero-order valence-electron chi connectivity index (χ0n) is 21.9. The van der Waals surface area contributed by atoms with Gasteiger partial charge >= 0.3 is 0 Å². The van der Waals surface area contributed by atoms with Gasteiger partial charge in [0.2, 0.25) is 0 Å². The third-order valence-corrected chi connectivity index (χ3v) is 6.68. The second kappa shape index (κ2) is 11.6. The molecule has 1 atom stereocenters. The van der Waals surface area contributed by atoms with E-state index in [0.29, 0.717) is 11.3 Å². The summed E-state index contributed by atoms with van der Waals surface area (Å²) in [6.45, 7) is 2.11. The fraction of sp³-hybridized carbons (Fsp3) is 0.241. The van der Waals surface area contributed by atoms with E-state index in [0.717, 1.165) is 5.56 Å². The number of ketones is 1. The van der Waals surface area contributed by atoms with Crippen LogP contribution in [0.3, 0.4) is 0 Å². The molecule has 0 saturated carbocycles. The van der Waals surface area contributed by atoms with Crippen LogP contribution in [0.4, 0.5) is 0 Å². The van der Waals surface area contributed by atoms with Gasteiger partial charge in [0.15, 0.2) is 11.5 Å². The van der Waals surface area contributed by atoms with E-state index >= 15 is 0 Å². The quantitative estimate of drug-likeness (QED) is 0.214. The fourth-order valence-electron chi connectivity index (χ4n) is 4.48. The van der Waals surface area contributed by atoms with E-state index < -0.39 is 23.5 Å². The highest BCUT2D eigenvalue weighted by atomic mass is 35.5. The van der Waals surface area contributed by atoms with Crippen molar-refractivity contribution < 1.29 is 38.7 Å². The smallest absolute Gasteiger partial charge is 0.295 e. The van der Waals surface area contributed by atoms with E-state index in [1.807, 2.05) is 0 Å². The van der Waals surface area contributed by atoms with Crippen molar-refractivity contribution in [3.05, 3.63) is 81.9 Å². The number of halogens is 1. The van der Waals surface area contributed by atoms with Crippen LogP contribution in [-0.2, 0) is 16.1 Å². The Balaban J connectivity index is 1.93. The van der Waals surface area contributed by atoms with Crippen molar-refractivity contribution in [1.29, 1.82) is 0 Å². The number of aliphatic hydroxyl groups excluding tert-OH is 1. The molecule has 4 rings (SSSR count). The van der Waals surface area contributed by atoms with E-state index in [9.17, 15) is 19.8 Å². The maximum absolute atomic E-state index is 13.5. The standard InChI is InChI=1S/C29H28ClNO8/c1-5-39-24-12-17(8-11-21(24)32)26-25(27(33)19-13-23(38-4)20(30)14-22(19)37-3)28(34)29(35)31(26)15-16-6-9-18(36-2)10-7-16/h6-14,26,32-33H,5,15H2,1-4H3/b27-25+. The lowest BCUT2D eigenvalue weighted by Gasteiger charge is -2.26. The molecular formula is C29H28ClNO8. The van der Waals surface area contributed by atoms with E-state index in [1.54, 1.807) is 50.4 Å². The molecule has 1 aliphatic heterocycles. The van der Waals surface area contributed by atoms with Gasteiger partial charge in [-0.15, -0.1) is 0 Å². The summed E-state index contributed by atoms with van der Waals surface area (Å²) in [6.07, 6.45) is 0. The molecule has 1 fully saturated rings. The summed E-state index contributed by atoms with van der Waals surface area (Å²) in [6, 6.07) is 13.5. The molecule has 0 radical (unpaired) electrons. The summed E-state index contributed by atoms with van der Waals surface area (Å²) in [5.74, 6) is -1.01. The highest BCUT2D eigenvalue weighted by Crippen LogP contribution is 2.45. The minimum absolute atomic E-state index is 0.0575. The van der Waals surface area contributed by atoms with Gasteiger partial charge in [-0.3, -0.25) is 9.59 Å². The van der Waals surface area contributed by atoms with Gasteiger partial charge in [0, 0.05) is 12.6 Å². The van der Waals surface area contributed by atoms with Crippen LogP contribution in [0.5, 0.6) is 28.7 Å². The normalized spacial score (nSPS) is 16.3. The Morgan fingerprint density at radius 1 is 0.923 bits per heavy atom. The van der Waals surface area contributed by atoms with Gasteiger partial charge in [0.05, 0.1) is 50.1 Å². The molecule has 9 nitrogen and oxygen atoms in total. The molecule has 3 aromatic carbocycles. The lowest BCUT2D eigenvalue weighted by molar-refractivity contribution is -0.140. The zero-order valence-corrected chi connectivity index (χ0v) is 22.6. The third kappa shape index (κ3) is 5.31. The number of benzene rings is 3. The number of phenolic OH excluding ortho intramolecular Hbond substituents is 1. The molecule has 10 heteroatoms. The van der Waals surface area contributed by atoms with Crippen LogP contribution in [0.15, 0.2) is 60.2 Å². The average Bonchev–Trinajstić information content (AvgIpc) is 3.19. The van der Waals surface area contributed by atoms with Crippen molar-refractivity contribution in [3.8, 4) is 28.7 Å². The van der Waals surface area contributed by atoms with Gasteiger partial charge in [0.25, 0.3) is 11.7 Å². The molecule has 1 amide bonds. The number of nitrogens with zero attached hydrogens (tertiary/aromatic N) is 1. The van der Waals surface area contributed by atoms with Crippen molar-refractivity contribution in [2.75, 3.05) is 27.9 Å². The van der Waals surface area contributed by atoms with Gasteiger partial charge < -0.3 is 34.1 Å². The van der Waals surface area contributed by atoms with Crippen molar-refractivity contribution in [3.63, 3.8) is 0 Å². The summed E-state index contributed by atoms with van der Waals surface area (Å²) < 4.78 is 21.5. The molecule has 1 heterocycles. The van der Waals surface area contributed by atoms with E-state index in [1.165, 1.54) is 37.3 Å². The Hall–Kier alpha value is -4.37. The number of likely N-dealkylation sites (tertiary alicyclic amines) is 1. The molecule has 3 aromatic rings. The van der Waals surface area contributed by atoms with Crippen molar-refractivity contribution in [2.45, 2.75) is 19.5 Å². The molecule has 0 aromatic heterocycles. The first-order valence-corrected chi connectivity index (χ1v) is 12.4. The van der Waals surface area contributed by atoms with Crippen LogP contribution >= 0.6 is 11.6 Å². The highest BCUT2D eigenvalue weighted by Gasteiger charge is 2.46. The maximum Gasteiger partial charge on any atom is 0.295 e. The van der Waals surface area contributed by atoms with E-state index in [-0.39, 0.29) is 52.3 Å². The number of hydrogen-bond acceptors (Lipinski definition) is 8. The third-order valence-electron chi connectivity index (χ3n) is 6.38. The first-order chi connectivity index (χ1) is 18.7. The molecule has 0 aliphatic carbocycles. The van der Waals surface area contributed by atoms with Gasteiger partial charge in [-0.05, 0) is 48.4 Å². The van der Waals surface area contributed by atoms with Crippen molar-refractivity contribution >= 4 is 29.1 Å². The molecule has 1 unspecified atom stereocenters. The second-order valence-electron chi connectivity index (χ2n) is 8.62. The Kier molecular flexibility index (Phi) is 8.21. The number of Topliss-reactive ketones (excluding diaryl/α,β-unsaturated/α-hetero) is 1. The number of phenols is 1. The van der Waals surface area contributed by atoms with E-state index in [2.05, 4.69) is 0 Å². The van der Waals surface area contributed by atoms with Crippen LogP contribution in [0.1, 0.15) is 29.7 Å². The van der Waals surface area contributed by atoms with E-state index in [4.69, 9.17) is 30.5 Å². The first kappa shape index (κ1) is 27.7. The Labute approximate surface area is 230 Å². The predicted octanol–water partition coefficient (Wildman–Crippen LogP) is 5.09. The van der Waals surface area contributed by atoms with Crippen molar-refractivity contribution in [1.82, 2.24) is 4.90 Å². The maximum atomic E-state index is 13.5. The number of aromatic hydroxyl groups is 1. The number of amides is 1. The Morgan fingerprint density at radius 2 is 1.62 bits per heavy atom. The largest absolute Gasteiger partial charge is 0.507 e. The predicted molar refractivity (Wildman–Crippen MR) is 145 cm³/mol. The summed E-state index contributed by atoms with van der Waals surface area (Å²) in [4.78, 5) is 28.3. The molecule has 39 heavy (non-hydrogen) atoms. The van der Waals surface area contributed by atoms with Crippen LogP contribution in [0.25, 0.3) is 5.76 Å². The lowest BCUT2D eigenvalue weighted by atomic mass is 9.94. The number of aliphatic hydroxyl groups is 1. The molecule has 0 bridgehead atoms. The number of rotatable bonds is 9. The van der Waals surface area contributed by atoms with Crippen LogP contribution < -0.4 is 18.9 Å². The Morgan fingerprint density at radius 3 is 2.23 bits per heavy atom. The average molecular weight is 554 g/mol. The number of ether oxygens (including phenoxy) is 4. The molecule has 204 valence electrons. The molecule has 1 saturated heterocycles. The Bertz CT molecular complexity index is 1430. The van der Waals surface area contributed by atoms with Gasteiger partial charge in [0.1, 0.15) is 23.0 Å². The fourth-order valence-corrected chi connectivity index (χ4v) is 4.71. The monoisotopic (exact) mass is 553 g/mol. The number of carbonyl (C=O) groups is 2. The molecular weight excluding hydrogens is 526 g/mol. The van der Waals surface area contributed by atoms with Gasteiger partial charge in [-0.1, -0.05) is 29.8 Å². The molecule has 1 aliphatic rings. The SMILES string of the molecule is CCOc1cc(C2/C(=C(\O)c3cc(OC)c(Cl)cc3OC)C(=O)C(=O)N2Cc2ccc(OC)cc2)ccc1O. The van der Waals surface area contributed by atoms with Crippen LogP contribution in [-0.4, -0.2) is 54.7 Å². The topological polar surface area (TPSA) is 115 Å². The molecule has 0 spiro atoms. The first-order valence-electron chi connectivity index (χ1n) is 12.0. The minimum Gasteiger partial charge on any atom is -0.507 e. The van der Waals surface area contributed by atoms with Crippen LogP contribution in [0.2, 0.25) is 5.02 Å². The van der Waals surface area contributed by atoms with Crippen LogP contribution in [0, 0.1) is 0 Å². The molecule has 2 N–H and O–H groups in total. The summed E-state index contributed by atoms with van der Waals surface area (Å²) >= 11 is 6.24. The summed E-state index contributed by atoms with van der Waals surface area (Å²) in [5, 5.41) is 22.1. The number of carbonyl (C=O) groups excluding carboxylic acids is 2. The number of hydrogen-bond donors (Lipinski definition) is 2. The summed E-state index contributed by atoms with van der Waals surface area (Å²) in [5.41, 5.74) is 1.14. The van der Waals surface area contributed by atoms with Crippen molar-refractivity contribution in [2.24, 2.45) is 0 Å². The number of methoxy groups -OCH3 is 3.